The molecule has 0 bridgehead atoms. The van der Waals surface area contributed by atoms with Crippen molar-refractivity contribution in [3.8, 4) is 0 Å². The molecule has 0 atom stereocenters. The summed E-state index contributed by atoms with van der Waals surface area (Å²) in [4.78, 5) is 0. The van der Waals surface area contributed by atoms with E-state index in [9.17, 15) is 4.57 Å². The summed E-state index contributed by atoms with van der Waals surface area (Å²) in [5.41, 5.74) is 0.293. The smallest absolute Gasteiger partial charge is 0.397 e. The van der Waals surface area contributed by atoms with E-state index in [1.54, 1.807) is 19.9 Å². The fourth-order valence-corrected chi connectivity index (χ4v) is 3.65. The minimum Gasteiger partial charge on any atom is -0.455 e. The molecule has 0 spiro atoms. The Hall–Kier alpha value is 0.160. The summed E-state index contributed by atoms with van der Waals surface area (Å²) in [6.07, 6.45) is 1.47. The molecule has 0 aromatic carbocycles. The molecule has 0 radical (unpaired) electrons. The summed E-state index contributed by atoms with van der Waals surface area (Å²) >= 11 is 2.03. The van der Waals surface area contributed by atoms with Crippen LogP contribution in [0.2, 0.25) is 0 Å². The monoisotopic (exact) mass is 330 g/mol. The lowest BCUT2D eigenvalue weighted by Gasteiger charge is -2.14. The SMILES string of the molecule is CCOP(=O)(OCC)c1occc1I. The maximum Gasteiger partial charge on any atom is 0.397 e. The Morgan fingerprint density at radius 1 is 1.43 bits per heavy atom. The van der Waals surface area contributed by atoms with Crippen molar-refractivity contribution in [2.24, 2.45) is 0 Å². The van der Waals surface area contributed by atoms with Gasteiger partial charge in [0.15, 0.2) is 0 Å². The van der Waals surface area contributed by atoms with E-state index in [1.165, 1.54) is 6.26 Å². The van der Waals surface area contributed by atoms with Gasteiger partial charge in [-0.25, -0.2) is 0 Å². The number of halogens is 1. The zero-order chi connectivity index (χ0) is 10.6. The largest absolute Gasteiger partial charge is 0.455 e. The second-order valence-electron chi connectivity index (χ2n) is 2.41. The van der Waals surface area contributed by atoms with Gasteiger partial charge in [0.1, 0.15) is 0 Å². The van der Waals surface area contributed by atoms with Gasteiger partial charge < -0.3 is 13.5 Å². The van der Waals surface area contributed by atoms with E-state index in [4.69, 9.17) is 13.5 Å². The van der Waals surface area contributed by atoms with Gasteiger partial charge >= 0.3 is 7.60 Å². The highest BCUT2D eigenvalue weighted by Crippen LogP contribution is 2.47. The van der Waals surface area contributed by atoms with E-state index in [0.29, 0.717) is 18.7 Å². The Labute approximate surface area is 96.6 Å². The summed E-state index contributed by atoms with van der Waals surface area (Å²) in [6, 6.07) is 1.72. The average molecular weight is 330 g/mol. The maximum atomic E-state index is 12.2. The van der Waals surface area contributed by atoms with E-state index in [1.807, 2.05) is 22.6 Å². The predicted octanol–water partition coefficient (Wildman–Crippen LogP) is 2.78. The summed E-state index contributed by atoms with van der Waals surface area (Å²) in [6.45, 7) is 4.19. The van der Waals surface area contributed by atoms with Crippen molar-refractivity contribution < 1.29 is 18.0 Å². The molecule has 6 heteroatoms. The van der Waals surface area contributed by atoms with Crippen LogP contribution in [0, 0.1) is 3.57 Å². The van der Waals surface area contributed by atoms with Crippen molar-refractivity contribution in [2.75, 3.05) is 13.2 Å². The molecule has 0 unspecified atom stereocenters. The quantitative estimate of drug-likeness (QED) is 0.615. The van der Waals surface area contributed by atoms with Crippen LogP contribution in [0.5, 0.6) is 0 Å². The first-order chi connectivity index (χ1) is 6.64. The Bertz CT molecular complexity index is 326. The van der Waals surface area contributed by atoms with E-state index in [0.717, 1.165) is 3.57 Å². The summed E-state index contributed by atoms with van der Waals surface area (Å²) < 4.78 is 28.3. The summed E-state index contributed by atoms with van der Waals surface area (Å²) in [7, 11) is -3.24. The minimum atomic E-state index is -3.24. The van der Waals surface area contributed by atoms with Gasteiger partial charge in [-0.1, -0.05) is 0 Å². The van der Waals surface area contributed by atoms with Gasteiger partial charge in [0, 0.05) is 0 Å². The van der Waals surface area contributed by atoms with Crippen molar-refractivity contribution in [1.29, 1.82) is 0 Å². The molecular weight excluding hydrogens is 318 g/mol. The van der Waals surface area contributed by atoms with Crippen molar-refractivity contribution in [2.45, 2.75) is 13.8 Å². The number of furan rings is 1. The van der Waals surface area contributed by atoms with Gasteiger partial charge in [-0.15, -0.1) is 0 Å². The summed E-state index contributed by atoms with van der Waals surface area (Å²) in [5.74, 6) is 0. The van der Waals surface area contributed by atoms with Crippen LogP contribution in [-0.4, -0.2) is 13.2 Å². The molecule has 0 aliphatic heterocycles. The number of hydrogen-bond donors (Lipinski definition) is 0. The number of hydrogen-bond acceptors (Lipinski definition) is 4. The molecule has 0 saturated heterocycles. The third-order valence-electron chi connectivity index (χ3n) is 1.45. The van der Waals surface area contributed by atoms with Crippen LogP contribution in [0.3, 0.4) is 0 Å². The minimum absolute atomic E-state index is 0.293. The highest BCUT2D eigenvalue weighted by atomic mass is 127. The van der Waals surface area contributed by atoms with Crippen LogP contribution in [0.25, 0.3) is 0 Å². The lowest BCUT2D eigenvalue weighted by molar-refractivity contribution is 0.225. The van der Waals surface area contributed by atoms with Gasteiger partial charge in [0.05, 0.1) is 23.0 Å². The van der Waals surface area contributed by atoms with Crippen LogP contribution >= 0.6 is 30.2 Å². The average Bonchev–Trinajstić information content (AvgIpc) is 2.52. The van der Waals surface area contributed by atoms with Crippen LogP contribution < -0.4 is 5.50 Å². The first-order valence-electron chi connectivity index (χ1n) is 4.26. The highest BCUT2D eigenvalue weighted by molar-refractivity contribution is 14.1. The van der Waals surface area contributed by atoms with E-state index in [-0.39, 0.29) is 0 Å². The normalized spacial score (nSPS) is 11.9. The third-order valence-corrected chi connectivity index (χ3v) is 4.76. The van der Waals surface area contributed by atoms with Crippen molar-refractivity contribution in [1.82, 2.24) is 0 Å². The fraction of sp³-hybridized carbons (Fsp3) is 0.500. The second-order valence-corrected chi connectivity index (χ2v) is 5.49. The zero-order valence-electron chi connectivity index (χ0n) is 8.03. The molecule has 14 heavy (non-hydrogen) atoms. The van der Waals surface area contributed by atoms with Crippen LogP contribution in [0.15, 0.2) is 16.7 Å². The van der Waals surface area contributed by atoms with Crippen LogP contribution in [-0.2, 0) is 13.6 Å². The third kappa shape index (κ3) is 2.59. The molecule has 0 fully saturated rings. The molecule has 0 amide bonds. The van der Waals surface area contributed by atoms with Gasteiger partial charge in [-0.3, -0.25) is 4.57 Å². The molecule has 4 nitrogen and oxygen atoms in total. The Morgan fingerprint density at radius 3 is 2.36 bits per heavy atom. The Balaban J connectivity index is 2.99. The molecule has 80 valence electrons. The second kappa shape index (κ2) is 5.30. The lowest BCUT2D eigenvalue weighted by atomic mass is 10.7. The first-order valence-corrected chi connectivity index (χ1v) is 6.89. The van der Waals surface area contributed by atoms with Crippen molar-refractivity contribution in [3.63, 3.8) is 0 Å². The number of rotatable bonds is 5. The molecule has 0 aliphatic rings. The van der Waals surface area contributed by atoms with Crippen molar-refractivity contribution in [3.05, 3.63) is 15.9 Å². The van der Waals surface area contributed by atoms with Gasteiger partial charge in [0.25, 0.3) is 0 Å². The van der Waals surface area contributed by atoms with Gasteiger partial charge in [-0.2, -0.15) is 0 Å². The molecular formula is C8H12IO4P. The van der Waals surface area contributed by atoms with Crippen LogP contribution in [0.1, 0.15) is 13.8 Å². The lowest BCUT2D eigenvalue weighted by Crippen LogP contribution is -2.11. The molecule has 1 rings (SSSR count). The van der Waals surface area contributed by atoms with E-state index >= 15 is 0 Å². The molecule has 0 N–H and O–H groups in total. The van der Waals surface area contributed by atoms with Crippen LogP contribution in [0.4, 0.5) is 0 Å². The van der Waals surface area contributed by atoms with Gasteiger partial charge in [0.2, 0.25) is 5.50 Å². The highest BCUT2D eigenvalue weighted by Gasteiger charge is 2.32. The standard InChI is InChI=1S/C8H12IO4P/c1-3-12-14(10,13-4-2)8-7(9)5-6-11-8/h5-6H,3-4H2,1-2H3. The molecule has 0 saturated carbocycles. The summed E-state index contributed by atoms with van der Waals surface area (Å²) in [5, 5.41) is 0. The fourth-order valence-electron chi connectivity index (χ4n) is 0.976. The maximum absolute atomic E-state index is 12.2. The van der Waals surface area contributed by atoms with E-state index in [2.05, 4.69) is 0 Å². The molecule has 1 aromatic heterocycles. The zero-order valence-corrected chi connectivity index (χ0v) is 11.1. The first kappa shape index (κ1) is 12.2. The van der Waals surface area contributed by atoms with E-state index < -0.39 is 7.60 Å². The predicted molar refractivity (Wildman–Crippen MR) is 61.9 cm³/mol. The molecule has 1 aromatic rings. The Kier molecular flexibility index (Phi) is 4.63. The topological polar surface area (TPSA) is 48.7 Å². The Morgan fingerprint density at radius 2 is 2.00 bits per heavy atom. The van der Waals surface area contributed by atoms with Gasteiger partial charge in [-0.05, 0) is 42.5 Å². The molecule has 1 heterocycles. The molecule has 0 aliphatic carbocycles. The van der Waals surface area contributed by atoms with Crippen molar-refractivity contribution >= 4 is 35.7 Å².